The molecule has 4 atom stereocenters. The van der Waals surface area contributed by atoms with E-state index >= 15 is 0 Å². The van der Waals surface area contributed by atoms with E-state index in [2.05, 4.69) is 65.6 Å². The molecule has 190 valence electrons. The number of ether oxygens (including phenoxy) is 1. The fourth-order valence-electron chi connectivity index (χ4n) is 5.66. The van der Waals surface area contributed by atoms with Gasteiger partial charge in [-0.05, 0) is 42.3 Å². The lowest BCUT2D eigenvalue weighted by Crippen LogP contribution is -2.58. The highest BCUT2D eigenvalue weighted by atomic mass is 16.5. The number of amides is 1. The summed E-state index contributed by atoms with van der Waals surface area (Å²) in [5.41, 5.74) is 4.44. The predicted octanol–water partition coefficient (Wildman–Crippen LogP) is 4.28. The molecule has 1 N–H and O–H groups in total. The fourth-order valence-corrected chi connectivity index (χ4v) is 5.66. The van der Waals surface area contributed by atoms with Gasteiger partial charge in [0.1, 0.15) is 11.4 Å². The number of carbonyl (C=O) groups excluding carboxylic acids is 1. The van der Waals surface area contributed by atoms with Gasteiger partial charge in [-0.1, -0.05) is 68.4 Å². The Bertz CT molecular complexity index is 1200. The first kappa shape index (κ1) is 24.5. The van der Waals surface area contributed by atoms with Crippen LogP contribution in [0.2, 0.25) is 0 Å². The summed E-state index contributed by atoms with van der Waals surface area (Å²) in [5.74, 6) is 1.41. The van der Waals surface area contributed by atoms with E-state index in [4.69, 9.17) is 4.74 Å². The number of piperidine rings is 3. The summed E-state index contributed by atoms with van der Waals surface area (Å²) in [5, 5.41) is 12.0. The minimum atomic E-state index is 0.0392. The number of fused-ring (bicyclic) bond motifs is 3. The van der Waals surface area contributed by atoms with E-state index < -0.39 is 0 Å². The molecule has 0 saturated carbocycles. The van der Waals surface area contributed by atoms with Gasteiger partial charge in [-0.25, -0.2) is 0 Å². The van der Waals surface area contributed by atoms with Gasteiger partial charge in [0.15, 0.2) is 0 Å². The van der Waals surface area contributed by atoms with Gasteiger partial charge in [-0.2, -0.15) is 0 Å². The molecule has 0 spiro atoms. The van der Waals surface area contributed by atoms with Crippen LogP contribution >= 0.6 is 0 Å². The van der Waals surface area contributed by atoms with Crippen LogP contribution in [0.4, 0.5) is 0 Å². The van der Waals surface area contributed by atoms with E-state index in [0.717, 1.165) is 55.0 Å². The Morgan fingerprint density at radius 3 is 2.61 bits per heavy atom. The van der Waals surface area contributed by atoms with Crippen molar-refractivity contribution in [1.82, 2.24) is 25.2 Å². The number of nitrogens with one attached hydrogen (secondary N) is 1. The molecule has 2 bridgehead atoms. The normalized spacial score (nSPS) is 23.4. The maximum atomic E-state index is 13.1. The second-order valence-corrected chi connectivity index (χ2v) is 11.2. The van der Waals surface area contributed by atoms with Crippen LogP contribution in [-0.4, -0.2) is 52.0 Å². The number of hydrogen-bond donors (Lipinski definition) is 1. The van der Waals surface area contributed by atoms with Crippen LogP contribution in [0.25, 0.3) is 11.3 Å². The van der Waals surface area contributed by atoms with Crippen molar-refractivity contribution >= 4 is 5.91 Å². The van der Waals surface area contributed by atoms with Crippen LogP contribution in [0.5, 0.6) is 5.75 Å². The number of para-hydroxylation sites is 1. The fraction of sp³-hybridized carbons (Fsp3) is 0.483. The summed E-state index contributed by atoms with van der Waals surface area (Å²) < 4.78 is 7.39. The summed E-state index contributed by atoms with van der Waals surface area (Å²) in [4.78, 5) is 15.5. The molecule has 1 aromatic heterocycles. The second-order valence-electron chi connectivity index (χ2n) is 11.2. The first-order chi connectivity index (χ1) is 17.3. The summed E-state index contributed by atoms with van der Waals surface area (Å²) in [6.45, 7) is 9.82. The van der Waals surface area contributed by atoms with Crippen molar-refractivity contribution in [3.63, 3.8) is 0 Å². The van der Waals surface area contributed by atoms with Crippen LogP contribution in [0.1, 0.15) is 44.7 Å². The quantitative estimate of drug-likeness (QED) is 0.539. The van der Waals surface area contributed by atoms with Crippen molar-refractivity contribution in [2.45, 2.75) is 58.2 Å². The SMILES string of the molecule is COc1ccccc1CNC(=O)[C@H]1CN2CC[C@@H]1C[C@@H]2Cn1cc(-c2ccc(C(C)(C)C)cc2)nn1. The van der Waals surface area contributed by atoms with Gasteiger partial charge in [0.25, 0.3) is 0 Å². The highest BCUT2D eigenvalue weighted by molar-refractivity contribution is 5.79. The van der Waals surface area contributed by atoms with Crippen LogP contribution in [-0.2, 0) is 23.3 Å². The second kappa shape index (κ2) is 10.1. The first-order valence-corrected chi connectivity index (χ1v) is 13.0. The van der Waals surface area contributed by atoms with E-state index in [-0.39, 0.29) is 17.2 Å². The molecule has 3 aromatic rings. The van der Waals surface area contributed by atoms with Crippen molar-refractivity contribution in [1.29, 1.82) is 0 Å². The minimum Gasteiger partial charge on any atom is -0.496 e. The Morgan fingerprint density at radius 2 is 1.92 bits per heavy atom. The third-order valence-corrected chi connectivity index (χ3v) is 7.84. The smallest absolute Gasteiger partial charge is 0.224 e. The maximum Gasteiger partial charge on any atom is 0.224 e. The van der Waals surface area contributed by atoms with Crippen molar-refractivity contribution in [2.24, 2.45) is 11.8 Å². The minimum absolute atomic E-state index is 0.0392. The highest BCUT2D eigenvalue weighted by Crippen LogP contribution is 2.37. The number of hydrogen-bond acceptors (Lipinski definition) is 5. The molecule has 4 heterocycles. The average molecular weight is 488 g/mol. The number of rotatable bonds is 7. The Labute approximate surface area is 213 Å². The molecule has 6 rings (SSSR count). The zero-order valence-electron chi connectivity index (χ0n) is 21.8. The molecule has 7 heteroatoms. The third kappa shape index (κ3) is 5.16. The van der Waals surface area contributed by atoms with Gasteiger partial charge in [-0.3, -0.25) is 14.4 Å². The molecular formula is C29H37N5O2. The molecule has 3 fully saturated rings. The van der Waals surface area contributed by atoms with Gasteiger partial charge in [0.05, 0.1) is 25.8 Å². The molecule has 7 nitrogen and oxygen atoms in total. The van der Waals surface area contributed by atoms with Crippen LogP contribution in [0.3, 0.4) is 0 Å². The third-order valence-electron chi connectivity index (χ3n) is 7.84. The zero-order chi connectivity index (χ0) is 25.3. The number of methoxy groups -OCH3 is 1. The van der Waals surface area contributed by atoms with Crippen molar-refractivity contribution in [2.75, 3.05) is 20.2 Å². The van der Waals surface area contributed by atoms with Gasteiger partial charge in [0.2, 0.25) is 5.91 Å². The van der Waals surface area contributed by atoms with E-state index in [0.29, 0.717) is 18.5 Å². The van der Waals surface area contributed by atoms with Gasteiger partial charge < -0.3 is 10.1 Å². The van der Waals surface area contributed by atoms with E-state index in [1.807, 2.05) is 35.1 Å². The van der Waals surface area contributed by atoms with Crippen molar-refractivity contribution < 1.29 is 9.53 Å². The number of nitrogens with zero attached hydrogens (tertiary/aromatic N) is 4. The Morgan fingerprint density at radius 1 is 1.14 bits per heavy atom. The molecule has 1 unspecified atom stereocenters. The molecule has 0 aliphatic carbocycles. The monoisotopic (exact) mass is 487 g/mol. The zero-order valence-corrected chi connectivity index (χ0v) is 21.8. The van der Waals surface area contributed by atoms with E-state index in [1.54, 1.807) is 7.11 Å². The summed E-state index contributed by atoms with van der Waals surface area (Å²) in [6.07, 6.45) is 4.14. The van der Waals surface area contributed by atoms with E-state index in [1.165, 1.54) is 5.56 Å². The molecule has 3 aliphatic rings. The van der Waals surface area contributed by atoms with E-state index in [9.17, 15) is 4.79 Å². The lowest BCUT2D eigenvalue weighted by Gasteiger charge is -2.49. The Balaban J connectivity index is 1.18. The molecule has 3 saturated heterocycles. The number of carbonyl (C=O) groups is 1. The highest BCUT2D eigenvalue weighted by Gasteiger charge is 2.43. The Kier molecular flexibility index (Phi) is 6.84. The van der Waals surface area contributed by atoms with Crippen molar-refractivity contribution in [3.05, 3.63) is 65.9 Å². The standard InChI is InChI=1S/C29H37N5O2/c1-29(2,3)23-11-9-20(10-12-23)26-19-34(32-31-26)17-24-15-21-13-14-33(24)18-25(21)28(35)30-16-22-7-5-6-8-27(22)36-4/h5-12,19,21,24-25H,13-18H2,1-4H3,(H,30,35)/t21-,24-,25+/m1/s1. The Hall–Kier alpha value is -3.19. The topological polar surface area (TPSA) is 72.3 Å². The molecule has 3 aliphatic heterocycles. The predicted molar refractivity (Wildman–Crippen MR) is 141 cm³/mol. The molecule has 1 amide bonds. The van der Waals surface area contributed by atoms with Crippen LogP contribution in [0, 0.1) is 11.8 Å². The number of aromatic nitrogens is 3. The van der Waals surface area contributed by atoms with Crippen molar-refractivity contribution in [3.8, 4) is 17.0 Å². The van der Waals surface area contributed by atoms with Gasteiger partial charge >= 0.3 is 0 Å². The summed E-state index contributed by atoms with van der Waals surface area (Å²) >= 11 is 0. The van der Waals surface area contributed by atoms with Crippen LogP contribution < -0.4 is 10.1 Å². The molecule has 2 aromatic carbocycles. The van der Waals surface area contributed by atoms with Gasteiger partial charge in [0, 0.05) is 30.3 Å². The maximum absolute atomic E-state index is 13.1. The number of benzene rings is 2. The average Bonchev–Trinajstić information content (AvgIpc) is 3.36. The summed E-state index contributed by atoms with van der Waals surface area (Å²) in [7, 11) is 1.66. The largest absolute Gasteiger partial charge is 0.496 e. The van der Waals surface area contributed by atoms with Crippen LogP contribution in [0.15, 0.2) is 54.7 Å². The lowest BCUT2D eigenvalue weighted by atomic mass is 9.75. The molecule has 36 heavy (non-hydrogen) atoms. The summed E-state index contributed by atoms with van der Waals surface area (Å²) in [6, 6.07) is 16.9. The molecule has 0 radical (unpaired) electrons. The molecular weight excluding hydrogens is 450 g/mol. The van der Waals surface area contributed by atoms with Gasteiger partial charge in [-0.15, -0.1) is 5.10 Å². The lowest BCUT2D eigenvalue weighted by molar-refractivity contribution is -0.133. The first-order valence-electron chi connectivity index (χ1n) is 13.0.